The summed E-state index contributed by atoms with van der Waals surface area (Å²) in [6.07, 6.45) is 3.66. The van der Waals surface area contributed by atoms with Gasteiger partial charge in [0.15, 0.2) is 0 Å². The molecule has 0 radical (unpaired) electrons. The van der Waals surface area contributed by atoms with Crippen molar-refractivity contribution in [1.82, 2.24) is 15.2 Å². The minimum absolute atomic E-state index is 0.0340. The molecule has 1 aliphatic rings. The molecule has 2 atom stereocenters. The Morgan fingerprint density at radius 2 is 2.62 bits per heavy atom. The highest BCUT2D eigenvalue weighted by atomic mass is 35.5. The first-order valence-electron chi connectivity index (χ1n) is 5.43. The molecule has 0 spiro atoms. The second-order valence-corrected chi connectivity index (χ2v) is 4.59. The molecule has 0 saturated carbocycles. The number of rotatable bonds is 4. The van der Waals surface area contributed by atoms with Crippen LogP contribution in [0.5, 0.6) is 0 Å². The summed E-state index contributed by atoms with van der Waals surface area (Å²) in [5, 5.41) is 4.77. The van der Waals surface area contributed by atoms with E-state index in [1.165, 1.54) is 0 Å². The third kappa shape index (κ3) is 2.38. The van der Waals surface area contributed by atoms with Gasteiger partial charge in [-0.25, -0.2) is 0 Å². The Hall–Kier alpha value is -0.620. The van der Waals surface area contributed by atoms with Crippen molar-refractivity contribution in [3.63, 3.8) is 0 Å². The largest absolute Gasteiger partial charge is 0.381 e. The van der Waals surface area contributed by atoms with E-state index < -0.39 is 0 Å². The fraction of sp³-hybridized carbons (Fsp3) is 0.700. The average Bonchev–Trinajstić information content (AvgIpc) is 2.87. The Morgan fingerprint density at radius 3 is 3.12 bits per heavy atom. The predicted molar refractivity (Wildman–Crippen MR) is 61.8 cm³/mol. The fourth-order valence-corrected chi connectivity index (χ4v) is 2.47. The van der Waals surface area contributed by atoms with E-state index in [2.05, 4.69) is 10.5 Å². The Balaban J connectivity index is 2.09. The van der Waals surface area contributed by atoms with Gasteiger partial charge in [0.05, 0.1) is 23.0 Å². The molecule has 2 rings (SSSR count). The summed E-state index contributed by atoms with van der Waals surface area (Å²) in [7, 11) is 1.87. The number of hydrazine groups is 1. The van der Waals surface area contributed by atoms with E-state index in [4.69, 9.17) is 22.2 Å². The van der Waals surface area contributed by atoms with Crippen molar-refractivity contribution in [3.05, 3.63) is 16.9 Å². The van der Waals surface area contributed by atoms with Crippen molar-refractivity contribution >= 4 is 11.6 Å². The molecule has 16 heavy (non-hydrogen) atoms. The van der Waals surface area contributed by atoms with Gasteiger partial charge in [0.1, 0.15) is 0 Å². The van der Waals surface area contributed by atoms with Gasteiger partial charge in [-0.15, -0.1) is 0 Å². The van der Waals surface area contributed by atoms with Crippen LogP contribution < -0.4 is 11.3 Å². The summed E-state index contributed by atoms with van der Waals surface area (Å²) in [6.45, 7) is 1.66. The molecule has 1 saturated heterocycles. The molecule has 1 aromatic heterocycles. The number of ether oxygens (including phenoxy) is 1. The van der Waals surface area contributed by atoms with Crippen LogP contribution in [0.2, 0.25) is 5.02 Å². The lowest BCUT2D eigenvalue weighted by Crippen LogP contribution is -2.31. The smallest absolute Gasteiger partial charge is 0.0834 e. The Kier molecular flexibility index (Phi) is 3.81. The van der Waals surface area contributed by atoms with Crippen molar-refractivity contribution in [2.75, 3.05) is 13.2 Å². The van der Waals surface area contributed by atoms with Crippen molar-refractivity contribution in [3.8, 4) is 0 Å². The molecule has 2 heterocycles. The third-order valence-electron chi connectivity index (χ3n) is 3.06. The number of nitrogens with one attached hydrogen (secondary N) is 1. The molecule has 1 fully saturated rings. The minimum atomic E-state index is 0.0340. The van der Waals surface area contributed by atoms with Gasteiger partial charge >= 0.3 is 0 Å². The zero-order chi connectivity index (χ0) is 11.5. The SMILES string of the molecule is Cn1ncc(Cl)c1C(CC1CCOC1)NN. The summed E-state index contributed by atoms with van der Waals surface area (Å²) in [5.74, 6) is 6.14. The van der Waals surface area contributed by atoms with Gasteiger partial charge in [-0.2, -0.15) is 5.10 Å². The molecule has 6 heteroatoms. The molecular formula is C10H17ClN4O. The highest BCUT2D eigenvalue weighted by Gasteiger charge is 2.24. The van der Waals surface area contributed by atoms with Gasteiger partial charge < -0.3 is 4.74 Å². The van der Waals surface area contributed by atoms with Crippen molar-refractivity contribution in [1.29, 1.82) is 0 Å². The Morgan fingerprint density at radius 1 is 1.81 bits per heavy atom. The number of hydrogen-bond donors (Lipinski definition) is 2. The van der Waals surface area contributed by atoms with E-state index >= 15 is 0 Å². The van der Waals surface area contributed by atoms with Crippen molar-refractivity contribution in [2.45, 2.75) is 18.9 Å². The van der Waals surface area contributed by atoms with E-state index in [-0.39, 0.29) is 6.04 Å². The molecular weight excluding hydrogens is 228 g/mol. The Labute approximate surface area is 99.9 Å². The topological polar surface area (TPSA) is 65.1 Å². The number of aryl methyl sites for hydroxylation is 1. The summed E-state index contributed by atoms with van der Waals surface area (Å²) < 4.78 is 7.12. The van der Waals surface area contributed by atoms with Crippen molar-refractivity contribution in [2.24, 2.45) is 18.8 Å². The number of aromatic nitrogens is 2. The second-order valence-electron chi connectivity index (χ2n) is 4.19. The van der Waals surface area contributed by atoms with Crippen LogP contribution in [0.4, 0.5) is 0 Å². The highest BCUT2D eigenvalue weighted by molar-refractivity contribution is 6.31. The number of nitrogens with two attached hydrogens (primary N) is 1. The molecule has 90 valence electrons. The van der Waals surface area contributed by atoms with Gasteiger partial charge in [0, 0.05) is 20.3 Å². The lowest BCUT2D eigenvalue weighted by atomic mass is 9.97. The standard InChI is InChI=1S/C10H17ClN4O/c1-15-10(8(11)5-13-15)9(14-12)4-7-2-3-16-6-7/h5,7,9,14H,2-4,6,12H2,1H3. The number of halogens is 1. The predicted octanol–water partition coefficient (Wildman–Crippen LogP) is 1.00. The van der Waals surface area contributed by atoms with Gasteiger partial charge in [-0.1, -0.05) is 11.6 Å². The lowest BCUT2D eigenvalue weighted by molar-refractivity contribution is 0.181. The van der Waals surface area contributed by atoms with Crippen LogP contribution in [0.3, 0.4) is 0 Å². The summed E-state index contributed by atoms with van der Waals surface area (Å²) >= 11 is 6.09. The number of hydrogen-bond acceptors (Lipinski definition) is 4. The van der Waals surface area contributed by atoms with Crippen LogP contribution in [-0.4, -0.2) is 23.0 Å². The number of nitrogens with zero attached hydrogens (tertiary/aromatic N) is 2. The summed E-state index contributed by atoms with van der Waals surface area (Å²) in [4.78, 5) is 0. The Bertz CT molecular complexity index is 329. The first-order valence-corrected chi connectivity index (χ1v) is 5.81. The molecule has 0 aliphatic carbocycles. The van der Waals surface area contributed by atoms with Crippen LogP contribution in [0, 0.1) is 5.92 Å². The molecule has 0 amide bonds. The maximum absolute atomic E-state index is 6.09. The van der Waals surface area contributed by atoms with Crippen LogP contribution in [0.15, 0.2) is 6.20 Å². The third-order valence-corrected chi connectivity index (χ3v) is 3.35. The highest BCUT2D eigenvalue weighted by Crippen LogP contribution is 2.29. The van der Waals surface area contributed by atoms with E-state index in [9.17, 15) is 0 Å². The van der Waals surface area contributed by atoms with E-state index in [1.807, 2.05) is 7.05 Å². The maximum atomic E-state index is 6.09. The molecule has 0 bridgehead atoms. The van der Waals surface area contributed by atoms with Crippen LogP contribution in [0.25, 0.3) is 0 Å². The van der Waals surface area contributed by atoms with Gasteiger partial charge in [0.25, 0.3) is 0 Å². The maximum Gasteiger partial charge on any atom is 0.0834 e. The van der Waals surface area contributed by atoms with Crippen LogP contribution in [-0.2, 0) is 11.8 Å². The molecule has 1 aliphatic heterocycles. The van der Waals surface area contributed by atoms with E-state index in [1.54, 1.807) is 10.9 Å². The average molecular weight is 245 g/mol. The molecule has 2 unspecified atom stereocenters. The second kappa shape index (κ2) is 5.14. The zero-order valence-corrected chi connectivity index (χ0v) is 10.1. The summed E-state index contributed by atoms with van der Waals surface area (Å²) in [5.41, 5.74) is 3.75. The van der Waals surface area contributed by atoms with Crippen LogP contribution in [0.1, 0.15) is 24.6 Å². The molecule has 0 aromatic carbocycles. The monoisotopic (exact) mass is 244 g/mol. The fourth-order valence-electron chi connectivity index (χ4n) is 2.17. The molecule has 5 nitrogen and oxygen atoms in total. The minimum Gasteiger partial charge on any atom is -0.381 e. The van der Waals surface area contributed by atoms with Gasteiger partial charge in [-0.3, -0.25) is 16.0 Å². The molecule has 3 N–H and O–H groups in total. The molecule has 1 aromatic rings. The van der Waals surface area contributed by atoms with Crippen LogP contribution >= 0.6 is 11.6 Å². The van der Waals surface area contributed by atoms with E-state index in [0.717, 1.165) is 31.7 Å². The zero-order valence-electron chi connectivity index (χ0n) is 9.32. The lowest BCUT2D eigenvalue weighted by Gasteiger charge is -2.19. The first kappa shape index (κ1) is 11.9. The van der Waals surface area contributed by atoms with E-state index in [0.29, 0.717) is 10.9 Å². The normalized spacial score (nSPS) is 22.6. The van der Waals surface area contributed by atoms with Crippen molar-refractivity contribution < 1.29 is 4.74 Å². The first-order chi connectivity index (χ1) is 7.72. The van der Waals surface area contributed by atoms with Gasteiger partial charge in [0.2, 0.25) is 0 Å². The quantitative estimate of drug-likeness (QED) is 0.613. The summed E-state index contributed by atoms with van der Waals surface area (Å²) in [6, 6.07) is 0.0340. The van der Waals surface area contributed by atoms with Gasteiger partial charge in [-0.05, 0) is 18.8 Å².